The van der Waals surface area contributed by atoms with Crippen LogP contribution in [0.4, 0.5) is 0 Å². The average Bonchev–Trinajstić information content (AvgIpc) is 2.64. The van der Waals surface area contributed by atoms with E-state index in [0.717, 1.165) is 47.8 Å². The molecule has 0 spiro atoms. The molecular weight excluding hydrogens is 400 g/mol. The molecule has 2 saturated heterocycles. The summed E-state index contributed by atoms with van der Waals surface area (Å²) >= 11 is 6.20. The first-order valence-corrected chi connectivity index (χ1v) is 12.1. The Hall–Kier alpha value is -0.860. The highest BCUT2D eigenvalue weighted by Gasteiger charge is 2.37. The fourth-order valence-corrected chi connectivity index (χ4v) is 5.18. The Bertz CT molecular complexity index is 775. The zero-order chi connectivity index (χ0) is 20.5. The van der Waals surface area contributed by atoms with Crippen molar-refractivity contribution in [2.75, 3.05) is 39.0 Å². The Kier molecular flexibility index (Phi) is 6.61. The summed E-state index contributed by atoms with van der Waals surface area (Å²) in [6.07, 6.45) is 4.30. The number of nitrogens with zero attached hydrogens (tertiary/aromatic N) is 2. The maximum Gasteiger partial charge on any atom is 0.211 e. The predicted octanol–water partition coefficient (Wildman–Crippen LogP) is 2.59. The van der Waals surface area contributed by atoms with Crippen molar-refractivity contribution in [2.45, 2.75) is 51.2 Å². The summed E-state index contributed by atoms with van der Waals surface area (Å²) in [6, 6.07) is 4.21. The van der Waals surface area contributed by atoms with E-state index < -0.39 is 15.6 Å². The lowest BCUT2D eigenvalue weighted by Crippen LogP contribution is -2.53. The number of likely N-dealkylation sites (tertiary alicyclic amines) is 1. The van der Waals surface area contributed by atoms with Gasteiger partial charge in [-0.25, -0.2) is 12.7 Å². The van der Waals surface area contributed by atoms with Crippen molar-refractivity contribution in [3.8, 4) is 5.75 Å². The number of hydrogen-bond donors (Lipinski definition) is 1. The van der Waals surface area contributed by atoms with Gasteiger partial charge in [-0.3, -0.25) is 0 Å². The van der Waals surface area contributed by atoms with E-state index in [1.807, 2.05) is 26.0 Å². The quantitative estimate of drug-likeness (QED) is 0.777. The van der Waals surface area contributed by atoms with E-state index in [0.29, 0.717) is 32.0 Å². The van der Waals surface area contributed by atoms with Crippen LogP contribution in [0.15, 0.2) is 12.1 Å². The van der Waals surface area contributed by atoms with Gasteiger partial charge in [0, 0.05) is 37.2 Å². The summed E-state index contributed by atoms with van der Waals surface area (Å²) < 4.78 is 30.8. The highest BCUT2D eigenvalue weighted by atomic mass is 35.5. The zero-order valence-corrected chi connectivity index (χ0v) is 18.5. The second-order valence-electron chi connectivity index (χ2n) is 8.31. The summed E-state index contributed by atoms with van der Waals surface area (Å²) in [4.78, 5) is 2.39. The van der Waals surface area contributed by atoms with Gasteiger partial charge in [0.25, 0.3) is 0 Å². The first-order valence-electron chi connectivity index (χ1n) is 9.88. The molecule has 3 rings (SSSR count). The van der Waals surface area contributed by atoms with Crippen LogP contribution in [0, 0.1) is 13.8 Å². The van der Waals surface area contributed by atoms with Crippen molar-refractivity contribution < 1.29 is 18.3 Å². The van der Waals surface area contributed by atoms with Crippen LogP contribution in [0.5, 0.6) is 5.75 Å². The van der Waals surface area contributed by atoms with Gasteiger partial charge in [0.1, 0.15) is 18.0 Å². The summed E-state index contributed by atoms with van der Waals surface area (Å²) in [5.74, 6) is 0.739. The maximum absolute atomic E-state index is 11.7. The van der Waals surface area contributed by atoms with Gasteiger partial charge >= 0.3 is 0 Å². The van der Waals surface area contributed by atoms with E-state index in [-0.39, 0.29) is 6.61 Å². The maximum atomic E-state index is 11.7. The fraction of sp³-hybridized carbons (Fsp3) is 0.700. The Morgan fingerprint density at radius 2 is 1.68 bits per heavy atom. The van der Waals surface area contributed by atoms with Gasteiger partial charge in [0.15, 0.2) is 0 Å². The van der Waals surface area contributed by atoms with Crippen LogP contribution in [0.2, 0.25) is 5.02 Å². The molecule has 2 aliphatic heterocycles. The standard InChI is InChI=1S/C20H31ClN2O4S/c1-15-12-18(13-16(2)19(15)21)27-14-20(24)6-10-22(11-7-20)17-4-8-23(9-5-17)28(3,25)26/h12-13,17,24H,4-11,14H2,1-3H3. The topological polar surface area (TPSA) is 70.1 Å². The third kappa shape index (κ3) is 5.19. The smallest absolute Gasteiger partial charge is 0.211 e. The van der Waals surface area contributed by atoms with Gasteiger partial charge in [-0.05, 0) is 62.8 Å². The molecule has 8 heteroatoms. The summed E-state index contributed by atoms with van der Waals surface area (Å²) in [5.41, 5.74) is 1.11. The number of benzene rings is 1. The monoisotopic (exact) mass is 430 g/mol. The Labute approximate surface area is 173 Å². The molecule has 2 aliphatic rings. The SMILES string of the molecule is Cc1cc(OCC2(O)CCN(C3CCN(S(C)(=O)=O)CC3)CC2)cc(C)c1Cl. The van der Waals surface area contributed by atoms with Gasteiger partial charge < -0.3 is 14.7 Å². The van der Waals surface area contributed by atoms with Gasteiger partial charge in [-0.1, -0.05) is 11.6 Å². The van der Waals surface area contributed by atoms with E-state index >= 15 is 0 Å². The first kappa shape index (κ1) is 21.8. The second kappa shape index (κ2) is 8.48. The molecule has 28 heavy (non-hydrogen) atoms. The number of aliphatic hydroxyl groups is 1. The summed E-state index contributed by atoms with van der Waals surface area (Å²) in [5, 5.41) is 11.7. The van der Waals surface area contributed by atoms with Crippen molar-refractivity contribution in [1.29, 1.82) is 0 Å². The molecule has 0 aromatic heterocycles. The Morgan fingerprint density at radius 3 is 2.18 bits per heavy atom. The van der Waals surface area contributed by atoms with Gasteiger partial charge in [-0.15, -0.1) is 0 Å². The molecule has 0 saturated carbocycles. The summed E-state index contributed by atoms with van der Waals surface area (Å²) in [7, 11) is -3.09. The van der Waals surface area contributed by atoms with Crippen molar-refractivity contribution in [3.05, 3.63) is 28.3 Å². The lowest BCUT2D eigenvalue weighted by atomic mass is 9.90. The molecule has 0 aliphatic carbocycles. The molecule has 2 heterocycles. The van der Waals surface area contributed by atoms with Crippen LogP contribution in [0.1, 0.15) is 36.8 Å². The molecule has 0 atom stereocenters. The number of halogens is 1. The van der Waals surface area contributed by atoms with E-state index in [9.17, 15) is 13.5 Å². The third-order valence-corrected chi connectivity index (χ3v) is 7.95. The van der Waals surface area contributed by atoms with Crippen LogP contribution in [-0.4, -0.2) is 73.4 Å². The van der Waals surface area contributed by atoms with Gasteiger partial charge in [0.2, 0.25) is 10.0 Å². The molecule has 0 bridgehead atoms. The molecule has 158 valence electrons. The predicted molar refractivity (Wildman–Crippen MR) is 112 cm³/mol. The number of sulfonamides is 1. The van der Waals surface area contributed by atoms with E-state index in [4.69, 9.17) is 16.3 Å². The molecule has 0 unspecified atom stereocenters. The normalized spacial score (nSPS) is 22.3. The largest absolute Gasteiger partial charge is 0.491 e. The molecule has 1 aromatic rings. The van der Waals surface area contributed by atoms with E-state index in [1.54, 1.807) is 4.31 Å². The first-order chi connectivity index (χ1) is 13.1. The fourth-order valence-electron chi connectivity index (χ4n) is 4.20. The molecule has 6 nitrogen and oxygen atoms in total. The van der Waals surface area contributed by atoms with Crippen molar-refractivity contribution in [2.24, 2.45) is 0 Å². The van der Waals surface area contributed by atoms with Crippen LogP contribution in [-0.2, 0) is 10.0 Å². The van der Waals surface area contributed by atoms with Crippen LogP contribution in [0.3, 0.4) is 0 Å². The molecule has 0 radical (unpaired) electrons. The molecule has 0 amide bonds. The number of aryl methyl sites for hydroxylation is 2. The molecule has 1 N–H and O–H groups in total. The van der Waals surface area contributed by atoms with Crippen molar-refractivity contribution in [3.63, 3.8) is 0 Å². The third-order valence-electron chi connectivity index (χ3n) is 6.06. The highest BCUT2D eigenvalue weighted by molar-refractivity contribution is 7.88. The Balaban J connectivity index is 1.49. The number of piperidine rings is 2. The van der Waals surface area contributed by atoms with E-state index in [1.165, 1.54) is 6.26 Å². The minimum Gasteiger partial charge on any atom is -0.491 e. The number of ether oxygens (including phenoxy) is 1. The van der Waals surface area contributed by atoms with Crippen LogP contribution >= 0.6 is 11.6 Å². The average molecular weight is 431 g/mol. The minimum absolute atomic E-state index is 0.272. The minimum atomic E-state index is -3.09. The van der Waals surface area contributed by atoms with Crippen molar-refractivity contribution in [1.82, 2.24) is 9.21 Å². The van der Waals surface area contributed by atoms with Crippen molar-refractivity contribution >= 4 is 21.6 Å². The second-order valence-corrected chi connectivity index (χ2v) is 10.7. The summed E-state index contributed by atoms with van der Waals surface area (Å²) in [6.45, 7) is 6.96. The molecule has 2 fully saturated rings. The van der Waals surface area contributed by atoms with E-state index in [2.05, 4.69) is 4.90 Å². The molecule has 1 aromatic carbocycles. The number of hydrogen-bond acceptors (Lipinski definition) is 5. The molecular formula is C20H31ClN2O4S. The lowest BCUT2D eigenvalue weighted by Gasteiger charge is -2.43. The lowest BCUT2D eigenvalue weighted by molar-refractivity contribution is -0.0623. The van der Waals surface area contributed by atoms with Crippen LogP contribution < -0.4 is 4.74 Å². The van der Waals surface area contributed by atoms with Gasteiger partial charge in [0.05, 0.1) is 6.26 Å². The Morgan fingerprint density at radius 1 is 1.14 bits per heavy atom. The number of rotatable bonds is 5. The zero-order valence-electron chi connectivity index (χ0n) is 16.9. The van der Waals surface area contributed by atoms with Crippen LogP contribution in [0.25, 0.3) is 0 Å². The van der Waals surface area contributed by atoms with Gasteiger partial charge in [-0.2, -0.15) is 0 Å². The highest BCUT2D eigenvalue weighted by Crippen LogP contribution is 2.30.